The Morgan fingerprint density at radius 3 is 0.882 bits per heavy atom. The van der Waals surface area contributed by atoms with Gasteiger partial charge in [-0.2, -0.15) is 0 Å². The van der Waals surface area contributed by atoms with Crippen LogP contribution >= 0.6 is 23.5 Å². The number of carboxylic acid groups (broad SMARTS) is 3. The number of carboxylic acids is 3. The quantitative estimate of drug-likeness (QED) is 0.0448. The first-order chi connectivity index (χ1) is 23.6. The maximum absolute atomic E-state index is 13.0. The number of rotatable bonds is 24. The van der Waals surface area contributed by atoms with E-state index < -0.39 is 135 Å². The molecule has 27 heteroatoms. The lowest BCUT2D eigenvalue weighted by Gasteiger charge is -2.48. The van der Waals surface area contributed by atoms with E-state index in [1.807, 2.05) is 0 Å². The predicted octanol–water partition coefficient (Wildman–Crippen LogP) is 0.896. The molecule has 3 unspecified atom stereocenters. The minimum Gasteiger partial charge on any atom is -0.480 e. The van der Waals surface area contributed by atoms with Crippen LogP contribution in [0.1, 0.15) is 59.3 Å². The molecule has 1 saturated carbocycles. The largest absolute Gasteiger partial charge is 0.480 e. The smallest absolute Gasteiger partial charge is 0.473 e. The van der Waals surface area contributed by atoms with E-state index in [-0.39, 0.29) is 19.3 Å². The molecule has 0 saturated heterocycles. The molecule has 0 heterocycles. The van der Waals surface area contributed by atoms with Crippen LogP contribution in [0.4, 0.5) is 0 Å². The summed E-state index contributed by atoms with van der Waals surface area (Å²) in [7, 11) is -17.4. The lowest BCUT2D eigenvalue weighted by Crippen LogP contribution is -2.68. The number of carbonyl (C=O) groups excluding carboxylic acids is 3. The third-order valence-electron chi connectivity index (χ3n) is 5.93. The summed E-state index contributed by atoms with van der Waals surface area (Å²) in [5.74, 6) is -9.02. The predicted molar refractivity (Wildman–Crippen MR) is 159 cm³/mol. The zero-order chi connectivity index (χ0) is 39.2. The van der Waals surface area contributed by atoms with Gasteiger partial charge in [0.1, 0.15) is 18.3 Å². The van der Waals surface area contributed by atoms with Gasteiger partial charge in [-0.05, 0) is 19.3 Å². The molecule has 0 spiro atoms. The van der Waals surface area contributed by atoms with Crippen LogP contribution in [0.25, 0.3) is 0 Å². The van der Waals surface area contributed by atoms with Crippen molar-refractivity contribution >= 4 is 59.3 Å². The second kappa shape index (κ2) is 21.0. The highest BCUT2D eigenvalue weighted by Gasteiger charge is 2.62. The van der Waals surface area contributed by atoms with Crippen molar-refractivity contribution in [3.05, 3.63) is 0 Å². The molecule has 1 fully saturated rings. The molecule has 0 amide bonds. The van der Waals surface area contributed by atoms with Gasteiger partial charge in [-0.25, -0.2) is 28.1 Å². The second-order valence-corrected chi connectivity index (χ2v) is 14.4. The summed E-state index contributed by atoms with van der Waals surface area (Å²) < 4.78 is 83.2. The van der Waals surface area contributed by atoms with Gasteiger partial charge < -0.3 is 44.2 Å². The summed E-state index contributed by atoms with van der Waals surface area (Å²) in [4.78, 5) is 103. The molecule has 6 N–H and O–H groups in total. The molecular formula is C24H39O24P3. The van der Waals surface area contributed by atoms with Crippen LogP contribution in [0.15, 0.2) is 0 Å². The van der Waals surface area contributed by atoms with Gasteiger partial charge in [0.2, 0.25) is 0 Å². The standard InChI is InChI=1S/C24H39O24P3/c1-4-7-16(31)43-19-20(44-17(32)8-5-2)22(46-49(34,35)40-10-13(25)26)24(48-51(38,39)42-12-15(29)30)23(21(19)45-18(33)9-6-3)47-50(36,37)41-11-14(27)28/h19-24H,4-12H2,1-3H3,(H,25,26)(H,27,28)(H,29,30)(H,34,35)(H,36,37)(H,38,39)/t19-,20-,21+,22-,23-,24-/m0/s1. The van der Waals surface area contributed by atoms with E-state index in [9.17, 15) is 57.1 Å². The normalized spacial score (nSPS) is 25.3. The van der Waals surface area contributed by atoms with Crippen molar-refractivity contribution in [2.75, 3.05) is 19.8 Å². The molecule has 0 bridgehead atoms. The highest BCUT2D eigenvalue weighted by atomic mass is 31.2. The first-order valence-electron chi connectivity index (χ1n) is 14.8. The Morgan fingerprint density at radius 2 is 0.667 bits per heavy atom. The SMILES string of the molecule is CCCC(=O)O[C@@H]1[C@@H](OC(=O)CCC)[C@H](OP(=O)(O)OCC(=O)O)[C@@H](OP(=O)(O)OCC(=O)O)[C@@H](OP(=O)(O)OCC(=O)O)[C@H]1OC(=O)CCC. The minimum atomic E-state index is -5.83. The number of hydrogen-bond donors (Lipinski definition) is 6. The fourth-order valence-electron chi connectivity index (χ4n) is 4.09. The Kier molecular flexibility index (Phi) is 19.0. The van der Waals surface area contributed by atoms with E-state index in [0.717, 1.165) is 0 Å². The summed E-state index contributed by atoms with van der Waals surface area (Å²) in [5, 5.41) is 26.9. The van der Waals surface area contributed by atoms with Crippen LogP contribution in [0.5, 0.6) is 0 Å². The van der Waals surface area contributed by atoms with E-state index in [2.05, 4.69) is 13.6 Å². The number of esters is 3. The summed E-state index contributed by atoms with van der Waals surface area (Å²) in [6, 6.07) is 0. The molecule has 9 atom stereocenters. The van der Waals surface area contributed by atoms with Gasteiger partial charge in [0.15, 0.2) is 38.1 Å². The van der Waals surface area contributed by atoms with Crippen molar-refractivity contribution < 1.29 is 114 Å². The Labute approximate surface area is 289 Å². The van der Waals surface area contributed by atoms with Crippen LogP contribution in [-0.4, -0.2) is 122 Å². The number of aliphatic carboxylic acids is 3. The van der Waals surface area contributed by atoms with Gasteiger partial charge in [-0.1, -0.05) is 20.8 Å². The molecule has 24 nitrogen and oxygen atoms in total. The Bertz CT molecular complexity index is 1310. The lowest BCUT2D eigenvalue weighted by atomic mass is 9.84. The lowest BCUT2D eigenvalue weighted by molar-refractivity contribution is -0.241. The maximum Gasteiger partial charge on any atom is 0.473 e. The molecule has 0 aromatic carbocycles. The number of hydrogen-bond acceptors (Lipinski definition) is 18. The van der Waals surface area contributed by atoms with Crippen molar-refractivity contribution in [3.63, 3.8) is 0 Å². The number of phosphoric acid groups is 3. The van der Waals surface area contributed by atoms with Gasteiger partial charge in [0.25, 0.3) is 0 Å². The third kappa shape index (κ3) is 17.0. The zero-order valence-electron chi connectivity index (χ0n) is 27.2. The van der Waals surface area contributed by atoms with E-state index >= 15 is 0 Å². The van der Waals surface area contributed by atoms with Gasteiger partial charge in [0.05, 0.1) is 0 Å². The van der Waals surface area contributed by atoms with Crippen molar-refractivity contribution in [2.24, 2.45) is 0 Å². The van der Waals surface area contributed by atoms with Crippen molar-refractivity contribution in [1.82, 2.24) is 0 Å². The second-order valence-electron chi connectivity index (χ2n) is 10.2. The van der Waals surface area contributed by atoms with Crippen LogP contribution in [0.3, 0.4) is 0 Å². The third-order valence-corrected chi connectivity index (χ3v) is 8.82. The van der Waals surface area contributed by atoms with Gasteiger partial charge in [-0.3, -0.25) is 41.5 Å². The van der Waals surface area contributed by atoms with Gasteiger partial charge >= 0.3 is 59.3 Å². The van der Waals surface area contributed by atoms with Crippen LogP contribution < -0.4 is 0 Å². The van der Waals surface area contributed by atoms with Crippen LogP contribution in [0.2, 0.25) is 0 Å². The van der Waals surface area contributed by atoms with E-state index in [0.29, 0.717) is 0 Å². The van der Waals surface area contributed by atoms with Gasteiger partial charge in [-0.15, -0.1) is 0 Å². The zero-order valence-corrected chi connectivity index (χ0v) is 29.9. The Morgan fingerprint density at radius 1 is 0.451 bits per heavy atom. The maximum atomic E-state index is 13.0. The Hall–Kier alpha value is -2.85. The first-order valence-corrected chi connectivity index (χ1v) is 19.3. The summed E-state index contributed by atoms with van der Waals surface area (Å²) in [5.41, 5.74) is 0. The fraction of sp³-hybridized carbons (Fsp3) is 0.750. The molecule has 294 valence electrons. The van der Waals surface area contributed by atoms with E-state index in [1.165, 1.54) is 20.8 Å². The molecule has 0 aromatic heterocycles. The monoisotopic (exact) mass is 804 g/mol. The van der Waals surface area contributed by atoms with Crippen LogP contribution in [0, 0.1) is 0 Å². The van der Waals surface area contributed by atoms with Crippen molar-refractivity contribution in [1.29, 1.82) is 0 Å². The number of phosphoric ester groups is 3. The molecule has 0 aliphatic heterocycles. The molecule has 1 aliphatic carbocycles. The molecule has 0 aromatic rings. The number of ether oxygens (including phenoxy) is 3. The average Bonchev–Trinajstić information content (AvgIpc) is 2.99. The fourth-order valence-corrected chi connectivity index (χ4v) is 6.74. The molecular weight excluding hydrogens is 765 g/mol. The summed E-state index contributed by atoms with van der Waals surface area (Å²) >= 11 is 0. The highest BCUT2D eigenvalue weighted by Crippen LogP contribution is 2.55. The molecule has 0 radical (unpaired) electrons. The van der Waals surface area contributed by atoms with E-state index in [1.54, 1.807) is 0 Å². The van der Waals surface area contributed by atoms with Gasteiger partial charge in [0, 0.05) is 19.3 Å². The average molecular weight is 804 g/mol. The van der Waals surface area contributed by atoms with Crippen molar-refractivity contribution in [2.45, 2.75) is 95.9 Å². The topological polar surface area (TPSA) is 358 Å². The van der Waals surface area contributed by atoms with Crippen LogP contribution in [-0.2, 0) is 83.8 Å². The molecule has 1 rings (SSSR count). The first kappa shape index (κ1) is 46.2. The number of carbonyl (C=O) groups is 6. The molecule has 1 aliphatic rings. The minimum absolute atomic E-state index is 0.0850. The van der Waals surface area contributed by atoms with E-state index in [4.69, 9.17) is 43.1 Å². The van der Waals surface area contributed by atoms with Crippen molar-refractivity contribution in [3.8, 4) is 0 Å². The molecule has 51 heavy (non-hydrogen) atoms. The summed E-state index contributed by atoms with van der Waals surface area (Å²) in [6.45, 7) is -0.111. The summed E-state index contributed by atoms with van der Waals surface area (Å²) in [6.07, 6.45) is -16.2. The Balaban J connectivity index is 4.23. The highest BCUT2D eigenvalue weighted by molar-refractivity contribution is 7.48.